The number of carbonyl (C=O) groups excluding carboxylic acids is 3. The molecule has 304 valence electrons. The second-order valence-electron chi connectivity index (χ2n) is 14.4. The molecule has 6 atom stereocenters. The third kappa shape index (κ3) is 9.63. The highest BCUT2D eigenvalue weighted by Crippen LogP contribution is 2.50. The van der Waals surface area contributed by atoms with Crippen LogP contribution in [-0.4, -0.2) is 70.3 Å². The summed E-state index contributed by atoms with van der Waals surface area (Å²) in [5.74, 6) is -5.27. The van der Waals surface area contributed by atoms with Crippen LogP contribution in [0, 0.1) is 29.1 Å². The first-order valence-electron chi connectivity index (χ1n) is 18.1. The molecule has 0 unspecified atom stereocenters. The number of nitrogen functional groups attached to an aromatic ring is 1. The van der Waals surface area contributed by atoms with E-state index in [4.69, 9.17) is 33.7 Å². The van der Waals surface area contributed by atoms with Crippen molar-refractivity contribution in [2.45, 2.75) is 103 Å². The zero-order valence-corrected chi connectivity index (χ0v) is 32.3. The van der Waals surface area contributed by atoms with Crippen molar-refractivity contribution in [3.8, 4) is 11.8 Å². The molecule has 3 N–H and O–H groups in total. The molecule has 2 aliphatic rings. The number of ether oxygens (including phenoxy) is 4. The fourth-order valence-electron chi connectivity index (χ4n) is 6.30. The van der Waals surface area contributed by atoms with Gasteiger partial charge in [-0.1, -0.05) is 45.9 Å². The van der Waals surface area contributed by atoms with Crippen molar-refractivity contribution in [3.05, 3.63) is 60.4 Å². The van der Waals surface area contributed by atoms with Gasteiger partial charge in [-0.15, -0.1) is 0 Å². The maximum absolute atomic E-state index is 14.6. The standard InChI is InChI=1S/C37H45F3N5O10P/c1-21(2)33(46)52-31-30(29-16-15-28-27(42)17-18-43-45(28)29)54-36(19-41,32(31)53-34(47)22(3)4)20-50-56(49,55-26-9-7-6-8-10-26)44-23(5)35(48)51-25-13-11-24(12-14-25)37(38,39)40/h6-10,15-18,21-25,30-32H,11-14,20,42H2,1-5H3,(H,44,49)/t23-,24?,25?,30-,31-,32-,36+,56-/m0/s1. The smallest absolute Gasteiger partial charge is 0.459 e. The topological polar surface area (TPSA) is 203 Å². The molecule has 3 aromatic rings. The minimum absolute atomic E-state index is 0.0153. The number of nitrogens with zero attached hydrogens (tertiary/aromatic N) is 3. The number of hydrogen-bond donors (Lipinski definition) is 2. The molecule has 0 bridgehead atoms. The largest absolute Gasteiger partial charge is 0.461 e. The third-order valence-corrected chi connectivity index (χ3v) is 11.1. The van der Waals surface area contributed by atoms with Gasteiger partial charge >= 0.3 is 31.8 Å². The lowest BCUT2D eigenvalue weighted by Gasteiger charge is -2.32. The van der Waals surface area contributed by atoms with Crippen LogP contribution in [0.15, 0.2) is 54.7 Å². The number of aromatic nitrogens is 2. The summed E-state index contributed by atoms with van der Waals surface area (Å²) in [6.07, 6.45) is -8.66. The number of esters is 3. The van der Waals surface area contributed by atoms with E-state index in [0.29, 0.717) is 11.2 Å². The number of nitriles is 1. The molecule has 1 saturated carbocycles. The van der Waals surface area contributed by atoms with Crippen LogP contribution < -0.4 is 15.3 Å². The second-order valence-corrected chi connectivity index (χ2v) is 16.1. The van der Waals surface area contributed by atoms with E-state index in [1.165, 1.54) is 29.8 Å². The average Bonchev–Trinajstić information content (AvgIpc) is 3.71. The van der Waals surface area contributed by atoms with Crippen LogP contribution in [0.4, 0.5) is 18.9 Å². The Kier molecular flexibility index (Phi) is 13.0. The monoisotopic (exact) mass is 807 g/mol. The van der Waals surface area contributed by atoms with Crippen molar-refractivity contribution in [2.75, 3.05) is 12.3 Å². The summed E-state index contributed by atoms with van der Waals surface area (Å²) in [7, 11) is -4.73. The molecule has 15 nitrogen and oxygen atoms in total. The summed E-state index contributed by atoms with van der Waals surface area (Å²) in [4.78, 5) is 39.6. The van der Waals surface area contributed by atoms with Crippen LogP contribution >= 0.6 is 7.75 Å². The molecule has 0 amide bonds. The minimum atomic E-state index is -4.73. The van der Waals surface area contributed by atoms with Gasteiger partial charge in [-0.2, -0.15) is 28.6 Å². The highest BCUT2D eigenvalue weighted by atomic mass is 31.2. The van der Waals surface area contributed by atoms with E-state index < -0.39 is 92.3 Å². The van der Waals surface area contributed by atoms with Gasteiger partial charge in [-0.3, -0.25) is 18.9 Å². The summed E-state index contributed by atoms with van der Waals surface area (Å²) < 4.78 is 90.9. The van der Waals surface area contributed by atoms with Crippen LogP contribution in [0.5, 0.6) is 5.75 Å². The average molecular weight is 808 g/mol. The van der Waals surface area contributed by atoms with E-state index in [0.717, 1.165) is 0 Å². The molecule has 2 fully saturated rings. The zero-order chi connectivity index (χ0) is 41.0. The van der Waals surface area contributed by atoms with Crippen molar-refractivity contribution < 1.29 is 60.1 Å². The normalized spacial score (nSPS) is 25.6. The fraction of sp³-hybridized carbons (Fsp3) is 0.541. The molecular formula is C37H45F3N5O10P. The third-order valence-electron chi connectivity index (χ3n) is 9.47. The Hall–Kier alpha value is -4.69. The highest BCUT2D eigenvalue weighted by Gasteiger charge is 2.62. The number of benzene rings is 1. The Bertz CT molecular complexity index is 1960. The Morgan fingerprint density at radius 3 is 2.23 bits per heavy atom. The van der Waals surface area contributed by atoms with Gasteiger partial charge in [0.05, 0.1) is 34.7 Å². The van der Waals surface area contributed by atoms with E-state index in [2.05, 4.69) is 10.2 Å². The maximum atomic E-state index is 14.6. The number of para-hydroxylation sites is 1. The Morgan fingerprint density at radius 2 is 1.62 bits per heavy atom. The number of hydrogen-bond acceptors (Lipinski definition) is 13. The molecule has 5 rings (SSSR count). The zero-order valence-electron chi connectivity index (χ0n) is 31.4. The van der Waals surface area contributed by atoms with Crippen molar-refractivity contribution in [1.82, 2.24) is 14.7 Å². The predicted octanol–water partition coefficient (Wildman–Crippen LogP) is 6.23. The molecule has 56 heavy (non-hydrogen) atoms. The van der Waals surface area contributed by atoms with E-state index in [1.807, 2.05) is 6.07 Å². The summed E-state index contributed by atoms with van der Waals surface area (Å²) in [6.45, 7) is 6.63. The van der Waals surface area contributed by atoms with Crippen molar-refractivity contribution >= 4 is 36.9 Å². The first kappa shape index (κ1) is 42.5. The minimum Gasteiger partial charge on any atom is -0.461 e. The molecule has 1 aliphatic heterocycles. The molecule has 0 radical (unpaired) electrons. The lowest BCUT2D eigenvalue weighted by Crippen LogP contribution is -2.50. The lowest BCUT2D eigenvalue weighted by molar-refractivity contribution is -0.189. The molecule has 0 spiro atoms. The predicted molar refractivity (Wildman–Crippen MR) is 192 cm³/mol. The van der Waals surface area contributed by atoms with Gasteiger partial charge in [0, 0.05) is 6.20 Å². The van der Waals surface area contributed by atoms with E-state index in [9.17, 15) is 37.4 Å². The van der Waals surface area contributed by atoms with E-state index >= 15 is 0 Å². The number of anilines is 1. The maximum Gasteiger partial charge on any atom is 0.459 e. The number of nitrogens with two attached hydrogens (primary N) is 1. The summed E-state index contributed by atoms with van der Waals surface area (Å²) in [5.41, 5.74) is 4.91. The summed E-state index contributed by atoms with van der Waals surface area (Å²) >= 11 is 0. The first-order chi connectivity index (χ1) is 26.4. The van der Waals surface area contributed by atoms with Crippen LogP contribution in [-0.2, 0) is 42.4 Å². The molecule has 19 heteroatoms. The summed E-state index contributed by atoms with van der Waals surface area (Å²) in [5, 5.41) is 17.7. The molecule has 1 aromatic carbocycles. The molecule has 2 aromatic heterocycles. The molecular weight excluding hydrogens is 762 g/mol. The number of carbonyl (C=O) groups is 3. The van der Waals surface area contributed by atoms with Gasteiger partial charge in [-0.25, -0.2) is 9.08 Å². The number of rotatable bonds is 14. The van der Waals surface area contributed by atoms with Gasteiger partial charge in [0.15, 0.2) is 12.2 Å². The van der Waals surface area contributed by atoms with Gasteiger partial charge in [0.2, 0.25) is 5.60 Å². The van der Waals surface area contributed by atoms with Crippen LogP contribution in [0.2, 0.25) is 0 Å². The number of halogens is 3. The number of nitrogens with one attached hydrogen (secondary N) is 1. The highest BCUT2D eigenvalue weighted by molar-refractivity contribution is 7.52. The van der Waals surface area contributed by atoms with E-state index in [-0.39, 0.29) is 37.1 Å². The van der Waals surface area contributed by atoms with Crippen LogP contribution in [0.25, 0.3) is 5.52 Å². The van der Waals surface area contributed by atoms with Gasteiger partial charge in [0.1, 0.15) is 36.7 Å². The molecule has 1 aliphatic carbocycles. The summed E-state index contributed by atoms with van der Waals surface area (Å²) in [6, 6.07) is 13.1. The van der Waals surface area contributed by atoms with Gasteiger partial charge in [0.25, 0.3) is 0 Å². The lowest BCUT2D eigenvalue weighted by atomic mass is 9.87. The van der Waals surface area contributed by atoms with Crippen LogP contribution in [0.1, 0.15) is 72.1 Å². The van der Waals surface area contributed by atoms with Gasteiger partial charge in [-0.05, 0) is 62.9 Å². The van der Waals surface area contributed by atoms with Crippen molar-refractivity contribution in [3.63, 3.8) is 0 Å². The fourth-order valence-corrected chi connectivity index (χ4v) is 7.82. The Morgan fingerprint density at radius 1 is 0.982 bits per heavy atom. The van der Waals surface area contributed by atoms with Crippen molar-refractivity contribution in [1.29, 1.82) is 5.26 Å². The van der Waals surface area contributed by atoms with Crippen molar-refractivity contribution in [2.24, 2.45) is 17.8 Å². The van der Waals surface area contributed by atoms with E-state index in [1.54, 1.807) is 64.1 Å². The first-order valence-corrected chi connectivity index (χ1v) is 19.7. The molecule has 3 heterocycles. The SMILES string of the molecule is CC(C)C(=O)O[C@H]1[C@H](c2ccc3c(N)ccnn23)O[C@](C#N)(CO[P@@](=O)(N[C@@H](C)C(=O)OC2CCC(C(F)(F)F)CC2)Oc2ccccc2)[C@H]1OC(=O)C(C)C. The van der Waals surface area contributed by atoms with Gasteiger partial charge < -0.3 is 29.2 Å². The Balaban J connectivity index is 1.47. The second kappa shape index (κ2) is 17.2. The molecule has 1 saturated heterocycles. The number of fused-ring (bicyclic) bond motifs is 1. The quantitative estimate of drug-likeness (QED) is 0.105. The van der Waals surface area contributed by atoms with Crippen LogP contribution in [0.3, 0.4) is 0 Å². The Labute approximate surface area is 321 Å². The number of alkyl halides is 3.